The van der Waals surface area contributed by atoms with Gasteiger partial charge in [0.25, 0.3) is 0 Å². The van der Waals surface area contributed by atoms with E-state index in [4.69, 9.17) is 5.11 Å². The topological polar surface area (TPSA) is 82.5 Å². The number of aromatic nitrogens is 1. The van der Waals surface area contributed by atoms with Gasteiger partial charge in [-0.15, -0.1) is 11.3 Å². The summed E-state index contributed by atoms with van der Waals surface area (Å²) in [7, 11) is 0. The fourth-order valence-electron chi connectivity index (χ4n) is 2.74. The molecule has 24 heavy (non-hydrogen) atoms. The van der Waals surface area contributed by atoms with E-state index >= 15 is 0 Å². The fourth-order valence-corrected chi connectivity index (χ4v) is 3.57. The summed E-state index contributed by atoms with van der Waals surface area (Å²) >= 11 is 1.54. The molecule has 1 aromatic carbocycles. The van der Waals surface area contributed by atoms with Crippen LogP contribution in [0, 0.1) is 5.92 Å². The van der Waals surface area contributed by atoms with Crippen molar-refractivity contribution in [1.29, 1.82) is 0 Å². The molecule has 0 saturated carbocycles. The molecule has 1 atom stereocenters. The van der Waals surface area contributed by atoms with Crippen LogP contribution in [0.3, 0.4) is 0 Å². The minimum Gasteiger partial charge on any atom is -0.481 e. The maximum Gasteiger partial charge on any atom is 0.317 e. The fraction of sp³-hybridized carbons (Fsp3) is 0.353. The average Bonchev–Trinajstić information content (AvgIpc) is 3.09. The van der Waals surface area contributed by atoms with Gasteiger partial charge in [0.1, 0.15) is 5.01 Å². The predicted octanol–water partition coefficient (Wildman–Crippen LogP) is 2.82. The van der Waals surface area contributed by atoms with Crippen molar-refractivity contribution in [2.24, 2.45) is 5.92 Å². The molecule has 2 aromatic rings. The first-order valence-corrected chi connectivity index (χ1v) is 8.77. The second-order valence-corrected chi connectivity index (χ2v) is 6.65. The molecule has 1 aromatic heterocycles. The Hall–Kier alpha value is -2.41. The molecule has 2 N–H and O–H groups in total. The highest BCUT2D eigenvalue weighted by Gasteiger charge is 2.27. The number of carbonyl (C=O) groups excluding carboxylic acids is 1. The number of carbonyl (C=O) groups is 2. The van der Waals surface area contributed by atoms with Crippen molar-refractivity contribution in [3.8, 4) is 10.6 Å². The molecule has 3 rings (SSSR count). The molecular formula is C17H19N3O3S. The number of hydrogen-bond donors (Lipinski definition) is 2. The van der Waals surface area contributed by atoms with E-state index in [9.17, 15) is 9.59 Å². The Labute approximate surface area is 144 Å². The number of rotatable bonds is 4. The number of nitrogens with one attached hydrogen (secondary N) is 1. The standard InChI is InChI=1S/C17H19N3O3S/c21-16(22)13-7-4-8-20(10-13)17(23)18-9-14-11-24-15(19-14)12-5-2-1-3-6-12/h1-3,5-6,11,13H,4,7-10H2,(H,18,23)(H,21,22). The first kappa shape index (κ1) is 16.4. The van der Waals surface area contributed by atoms with Gasteiger partial charge in [0.05, 0.1) is 18.2 Å². The quantitative estimate of drug-likeness (QED) is 0.893. The molecule has 0 bridgehead atoms. The normalized spacial score (nSPS) is 17.5. The van der Waals surface area contributed by atoms with Gasteiger partial charge in [-0.1, -0.05) is 30.3 Å². The molecule has 1 fully saturated rings. The number of benzene rings is 1. The first-order chi connectivity index (χ1) is 11.6. The van der Waals surface area contributed by atoms with E-state index in [1.165, 1.54) is 0 Å². The van der Waals surface area contributed by atoms with Crippen LogP contribution in [-0.4, -0.2) is 40.1 Å². The Bertz CT molecular complexity index is 717. The summed E-state index contributed by atoms with van der Waals surface area (Å²) in [4.78, 5) is 29.4. The predicted molar refractivity (Wildman–Crippen MR) is 91.7 cm³/mol. The van der Waals surface area contributed by atoms with Crippen molar-refractivity contribution in [3.05, 3.63) is 41.4 Å². The van der Waals surface area contributed by atoms with Crippen LogP contribution < -0.4 is 5.32 Å². The SMILES string of the molecule is O=C(O)C1CCCN(C(=O)NCc2csc(-c3ccccc3)n2)C1. The minimum atomic E-state index is -0.834. The molecule has 1 saturated heterocycles. The van der Waals surface area contributed by atoms with E-state index in [1.807, 2.05) is 35.7 Å². The molecule has 7 heteroatoms. The summed E-state index contributed by atoms with van der Waals surface area (Å²) in [6.07, 6.45) is 1.35. The highest BCUT2D eigenvalue weighted by Crippen LogP contribution is 2.23. The Morgan fingerprint density at radius 2 is 2.12 bits per heavy atom. The van der Waals surface area contributed by atoms with Crippen LogP contribution in [-0.2, 0) is 11.3 Å². The van der Waals surface area contributed by atoms with Gasteiger partial charge in [-0.2, -0.15) is 0 Å². The molecule has 0 radical (unpaired) electrons. The molecule has 1 aliphatic rings. The van der Waals surface area contributed by atoms with Crippen molar-refractivity contribution < 1.29 is 14.7 Å². The zero-order valence-electron chi connectivity index (χ0n) is 13.1. The molecule has 1 aliphatic heterocycles. The van der Waals surface area contributed by atoms with Crippen LogP contribution in [0.15, 0.2) is 35.7 Å². The smallest absolute Gasteiger partial charge is 0.317 e. The van der Waals surface area contributed by atoms with E-state index in [1.54, 1.807) is 16.2 Å². The summed E-state index contributed by atoms with van der Waals surface area (Å²) in [5, 5.41) is 14.8. The van der Waals surface area contributed by atoms with Gasteiger partial charge in [0.15, 0.2) is 0 Å². The van der Waals surface area contributed by atoms with Crippen molar-refractivity contribution in [2.75, 3.05) is 13.1 Å². The maximum atomic E-state index is 12.2. The number of thiazole rings is 1. The lowest BCUT2D eigenvalue weighted by atomic mass is 9.99. The lowest BCUT2D eigenvalue weighted by molar-refractivity contribution is -0.143. The number of amides is 2. The highest BCUT2D eigenvalue weighted by atomic mass is 32.1. The van der Waals surface area contributed by atoms with Crippen LogP contribution in [0.4, 0.5) is 4.79 Å². The highest BCUT2D eigenvalue weighted by molar-refractivity contribution is 7.13. The molecule has 2 amide bonds. The largest absolute Gasteiger partial charge is 0.481 e. The molecule has 1 unspecified atom stereocenters. The van der Waals surface area contributed by atoms with Crippen molar-refractivity contribution in [2.45, 2.75) is 19.4 Å². The summed E-state index contributed by atoms with van der Waals surface area (Å²) in [5.41, 5.74) is 1.86. The van der Waals surface area contributed by atoms with E-state index in [-0.39, 0.29) is 12.6 Å². The zero-order chi connectivity index (χ0) is 16.9. The molecule has 0 spiro atoms. The monoisotopic (exact) mass is 345 g/mol. The molecular weight excluding hydrogens is 326 g/mol. The second-order valence-electron chi connectivity index (χ2n) is 5.79. The Balaban J connectivity index is 1.55. The van der Waals surface area contributed by atoms with Gasteiger partial charge in [-0.25, -0.2) is 9.78 Å². The van der Waals surface area contributed by atoms with E-state index in [0.717, 1.165) is 22.7 Å². The number of aliphatic carboxylic acids is 1. The van der Waals surface area contributed by atoms with Gasteiger partial charge in [-0.05, 0) is 12.8 Å². The van der Waals surface area contributed by atoms with E-state index in [2.05, 4.69) is 10.3 Å². The summed E-state index contributed by atoms with van der Waals surface area (Å²) < 4.78 is 0. The number of urea groups is 1. The van der Waals surface area contributed by atoms with E-state index in [0.29, 0.717) is 19.5 Å². The summed E-state index contributed by atoms with van der Waals surface area (Å²) in [6.45, 7) is 1.21. The number of piperidine rings is 1. The molecule has 2 heterocycles. The van der Waals surface area contributed by atoms with Gasteiger partial charge in [-0.3, -0.25) is 4.79 Å². The Morgan fingerprint density at radius 3 is 2.88 bits per heavy atom. The third-order valence-corrected chi connectivity index (χ3v) is 4.99. The third-order valence-electron chi connectivity index (χ3n) is 4.05. The third kappa shape index (κ3) is 3.91. The summed E-state index contributed by atoms with van der Waals surface area (Å²) in [6, 6.07) is 9.67. The number of carboxylic acids is 1. The minimum absolute atomic E-state index is 0.227. The van der Waals surface area contributed by atoms with Crippen LogP contribution >= 0.6 is 11.3 Å². The number of likely N-dealkylation sites (tertiary alicyclic amines) is 1. The Morgan fingerprint density at radius 1 is 1.33 bits per heavy atom. The summed E-state index contributed by atoms with van der Waals surface area (Å²) in [5.74, 6) is -1.30. The lowest BCUT2D eigenvalue weighted by Gasteiger charge is -2.30. The van der Waals surface area contributed by atoms with Crippen LogP contribution in [0.2, 0.25) is 0 Å². The Kier molecular flexibility index (Phi) is 5.10. The van der Waals surface area contributed by atoms with Crippen molar-refractivity contribution in [1.82, 2.24) is 15.2 Å². The van der Waals surface area contributed by atoms with Gasteiger partial charge in [0.2, 0.25) is 0 Å². The average molecular weight is 345 g/mol. The van der Waals surface area contributed by atoms with Crippen molar-refractivity contribution >= 4 is 23.3 Å². The van der Waals surface area contributed by atoms with Crippen LogP contribution in [0.5, 0.6) is 0 Å². The first-order valence-electron chi connectivity index (χ1n) is 7.89. The van der Waals surface area contributed by atoms with Gasteiger partial charge in [0, 0.05) is 24.0 Å². The zero-order valence-corrected chi connectivity index (χ0v) is 14.0. The van der Waals surface area contributed by atoms with Crippen LogP contribution in [0.1, 0.15) is 18.5 Å². The maximum absolute atomic E-state index is 12.2. The molecule has 6 nitrogen and oxygen atoms in total. The van der Waals surface area contributed by atoms with Gasteiger partial charge >= 0.3 is 12.0 Å². The van der Waals surface area contributed by atoms with Crippen molar-refractivity contribution in [3.63, 3.8) is 0 Å². The lowest BCUT2D eigenvalue weighted by Crippen LogP contribution is -2.46. The number of nitrogens with zero attached hydrogens (tertiary/aromatic N) is 2. The van der Waals surface area contributed by atoms with E-state index < -0.39 is 11.9 Å². The molecule has 126 valence electrons. The molecule has 0 aliphatic carbocycles. The number of hydrogen-bond acceptors (Lipinski definition) is 4. The van der Waals surface area contributed by atoms with Gasteiger partial charge < -0.3 is 15.3 Å². The second kappa shape index (κ2) is 7.44. The van der Waals surface area contributed by atoms with Crippen LogP contribution in [0.25, 0.3) is 10.6 Å². The number of carboxylic acid groups (broad SMARTS) is 1.